The van der Waals surface area contributed by atoms with Crippen molar-refractivity contribution in [1.82, 2.24) is 21.3 Å². The molecule has 59 heavy (non-hydrogen) atoms. The van der Waals surface area contributed by atoms with Gasteiger partial charge in [0.2, 0.25) is 0 Å². The molecule has 22 nitrogen and oxygen atoms in total. The summed E-state index contributed by atoms with van der Waals surface area (Å²) in [7, 11) is 0. The summed E-state index contributed by atoms with van der Waals surface area (Å²) >= 11 is 11.3. The number of carbonyl (C=O) groups is 6. The number of aliphatic hydroxyl groups is 8. The van der Waals surface area contributed by atoms with Crippen LogP contribution in [0.5, 0.6) is 0 Å². The number of nitrogens with two attached hydrogens (primary N) is 2. The molecule has 4 unspecified atom stereocenters. The highest BCUT2D eigenvalue weighted by Gasteiger charge is 2.29. The Hall–Kier alpha value is -1.08. The van der Waals surface area contributed by atoms with Crippen molar-refractivity contribution in [2.24, 2.45) is 0 Å². The van der Waals surface area contributed by atoms with Crippen molar-refractivity contribution in [3.05, 3.63) is 43.7 Å². The molecule has 0 fully saturated rings. The van der Waals surface area contributed by atoms with E-state index in [9.17, 15) is 49.2 Å². The fourth-order valence-corrected chi connectivity index (χ4v) is 12.0. The van der Waals surface area contributed by atoms with Gasteiger partial charge in [0.25, 0.3) is 23.6 Å². The van der Waals surface area contributed by atoms with Gasteiger partial charge >= 0.3 is 11.9 Å². The van der Waals surface area contributed by atoms with Crippen molar-refractivity contribution in [2.45, 2.75) is 30.8 Å². The zero-order valence-corrected chi connectivity index (χ0v) is 43.0. The maximum atomic E-state index is 12.5. The highest BCUT2D eigenvalue weighted by molar-refractivity contribution is 14.1. The molecule has 2 rings (SSSR count). The largest absolute Gasteiger partial charge is 0.481 e. The standard InChI is InChI=1S/2C14H18I3N3O6.C3H4O4/c2*15-9-7(13(25)19-1-5(23)3-21)10(16)12(18)11(17)8(9)14(26)20-2-6(24)4-22;4-2(5)1-3(6)7/h2*5-6,21-24H,1-4,18H2,(H,19,25)(H,20,26);1H2,(H,4,5)(H,6,7). The molecule has 0 aliphatic carbocycles. The van der Waals surface area contributed by atoms with E-state index in [1.165, 1.54) is 0 Å². The molecular formula is C31H40I6N6O16. The van der Waals surface area contributed by atoms with Crippen LogP contribution in [0.4, 0.5) is 11.4 Å². The van der Waals surface area contributed by atoms with Gasteiger partial charge in [0.1, 0.15) is 6.42 Å². The maximum absolute atomic E-state index is 12.5. The highest BCUT2D eigenvalue weighted by Crippen LogP contribution is 2.35. The number of benzene rings is 2. The molecule has 0 spiro atoms. The predicted octanol–water partition coefficient (Wildman–Crippen LogP) is -1.96. The highest BCUT2D eigenvalue weighted by atomic mass is 127. The molecule has 0 bridgehead atoms. The van der Waals surface area contributed by atoms with Gasteiger partial charge in [-0.15, -0.1) is 0 Å². The maximum Gasteiger partial charge on any atom is 0.314 e. The van der Waals surface area contributed by atoms with Gasteiger partial charge in [-0.2, -0.15) is 0 Å². The first-order chi connectivity index (χ1) is 27.4. The fraction of sp³-hybridized carbons (Fsp3) is 0.419. The zero-order chi connectivity index (χ0) is 45.9. The minimum atomic E-state index is -1.31. The lowest BCUT2D eigenvalue weighted by molar-refractivity contribution is -0.147. The molecule has 4 atom stereocenters. The van der Waals surface area contributed by atoms with Gasteiger partial charge in [-0.05, 0) is 136 Å². The van der Waals surface area contributed by atoms with Crippen molar-refractivity contribution in [3.8, 4) is 0 Å². The number of hydrogen-bond donors (Lipinski definition) is 16. The number of anilines is 2. The second-order valence-corrected chi connectivity index (χ2v) is 17.8. The van der Waals surface area contributed by atoms with Crippen LogP contribution in [0.15, 0.2) is 0 Å². The average molecular weight is 1510 g/mol. The number of hydrogen-bond acceptors (Lipinski definition) is 16. The molecule has 18 N–H and O–H groups in total. The average Bonchev–Trinajstić information content (AvgIpc) is 3.18. The molecule has 0 saturated carbocycles. The topological polar surface area (TPSA) is 405 Å². The summed E-state index contributed by atoms with van der Waals surface area (Å²) < 4.78 is 2.55. The minimum Gasteiger partial charge on any atom is -0.481 e. The molecule has 0 radical (unpaired) electrons. The van der Waals surface area contributed by atoms with Gasteiger partial charge < -0.3 is 83.8 Å². The van der Waals surface area contributed by atoms with Crippen molar-refractivity contribution in [1.29, 1.82) is 0 Å². The van der Waals surface area contributed by atoms with E-state index in [-0.39, 0.29) is 59.8 Å². The molecule has 0 aromatic heterocycles. The van der Waals surface area contributed by atoms with Crippen LogP contribution < -0.4 is 32.7 Å². The van der Waals surface area contributed by atoms with E-state index in [1.54, 1.807) is 0 Å². The number of aliphatic carboxylic acids is 2. The molecule has 2 aromatic carbocycles. The first-order valence-electron chi connectivity index (χ1n) is 16.1. The van der Waals surface area contributed by atoms with Crippen LogP contribution in [0.2, 0.25) is 0 Å². The SMILES string of the molecule is Nc1c(I)c(C(=O)NCC(O)CO)c(I)c(C(=O)NCC(O)CO)c1I.Nc1c(I)c(C(=O)NCC(O)CO)c(I)c(C(=O)NCC(O)CO)c1I.O=C(O)CC(=O)O. The third-order valence-electron chi connectivity index (χ3n) is 6.75. The molecule has 0 aliphatic rings. The number of carbonyl (C=O) groups excluding carboxylic acids is 4. The summed E-state index contributed by atoms with van der Waals surface area (Å²) in [5.41, 5.74) is 13.3. The van der Waals surface area contributed by atoms with Crippen LogP contribution in [-0.4, -0.2) is 164 Å². The van der Waals surface area contributed by atoms with E-state index in [2.05, 4.69) is 21.3 Å². The van der Waals surface area contributed by atoms with Crippen LogP contribution in [0.3, 0.4) is 0 Å². The summed E-state index contributed by atoms with van der Waals surface area (Å²) in [6, 6.07) is 0. The lowest BCUT2D eigenvalue weighted by Crippen LogP contribution is -2.37. The summed E-state index contributed by atoms with van der Waals surface area (Å²) in [5.74, 6) is -4.80. The number of carboxylic acid groups (broad SMARTS) is 2. The van der Waals surface area contributed by atoms with Crippen LogP contribution in [0.1, 0.15) is 47.9 Å². The monoisotopic (exact) mass is 1510 g/mol. The molecule has 0 heterocycles. The fourth-order valence-electron chi connectivity index (χ4n) is 3.75. The second-order valence-electron chi connectivity index (χ2n) is 11.4. The predicted molar refractivity (Wildman–Crippen MR) is 260 cm³/mol. The summed E-state index contributed by atoms with van der Waals surface area (Å²) in [6.07, 6.45) is -5.20. The summed E-state index contributed by atoms with van der Waals surface area (Å²) in [4.78, 5) is 68.8. The molecule has 28 heteroatoms. The molecule has 0 saturated heterocycles. The van der Waals surface area contributed by atoms with Crippen LogP contribution in [-0.2, 0) is 9.59 Å². The number of carboxylic acids is 2. The minimum absolute atomic E-state index is 0.155. The van der Waals surface area contributed by atoms with Crippen molar-refractivity contribution < 1.29 is 79.8 Å². The lowest BCUT2D eigenvalue weighted by atomic mass is 10.1. The van der Waals surface area contributed by atoms with Gasteiger partial charge in [-0.1, -0.05) is 0 Å². The van der Waals surface area contributed by atoms with E-state index < -0.39 is 92.8 Å². The van der Waals surface area contributed by atoms with Crippen LogP contribution >= 0.6 is 136 Å². The Labute approximate surface area is 417 Å². The molecule has 0 aliphatic heterocycles. The quantitative estimate of drug-likeness (QED) is 0.0438. The van der Waals surface area contributed by atoms with E-state index in [4.69, 9.17) is 42.1 Å². The number of aliphatic hydroxyl groups excluding tert-OH is 8. The third-order valence-corrected chi connectivity index (χ3v) is 13.4. The number of amides is 4. The zero-order valence-electron chi connectivity index (χ0n) is 30.0. The van der Waals surface area contributed by atoms with Crippen molar-refractivity contribution in [2.75, 3.05) is 64.1 Å². The Morgan fingerprint density at radius 3 is 0.746 bits per heavy atom. The van der Waals surface area contributed by atoms with E-state index in [0.29, 0.717) is 21.4 Å². The van der Waals surface area contributed by atoms with Gasteiger partial charge in [-0.3, -0.25) is 28.8 Å². The Morgan fingerprint density at radius 2 is 0.610 bits per heavy atom. The van der Waals surface area contributed by atoms with Gasteiger partial charge in [0.15, 0.2) is 0 Å². The van der Waals surface area contributed by atoms with E-state index in [0.717, 1.165) is 0 Å². The summed E-state index contributed by atoms with van der Waals surface area (Å²) in [6.45, 7) is -2.60. The number of nitrogens with one attached hydrogen (secondary N) is 4. The lowest BCUT2D eigenvalue weighted by Gasteiger charge is -2.18. The first kappa shape index (κ1) is 57.9. The number of halogens is 6. The molecule has 332 valence electrons. The first-order valence-corrected chi connectivity index (χ1v) is 22.5. The molecule has 2 aromatic rings. The Morgan fingerprint density at radius 1 is 0.424 bits per heavy atom. The Balaban J connectivity index is 0.000000981. The smallest absolute Gasteiger partial charge is 0.314 e. The Bertz CT molecular complexity index is 1590. The van der Waals surface area contributed by atoms with Crippen LogP contribution in [0, 0.1) is 21.4 Å². The molecule has 4 amide bonds. The summed E-state index contributed by atoms with van der Waals surface area (Å²) in [5, 5.41) is 98.2. The van der Waals surface area contributed by atoms with Crippen LogP contribution in [0.25, 0.3) is 0 Å². The van der Waals surface area contributed by atoms with Gasteiger partial charge in [0.05, 0.1) is 98.8 Å². The van der Waals surface area contributed by atoms with E-state index >= 15 is 0 Å². The third kappa shape index (κ3) is 19.1. The normalized spacial score (nSPS) is 12.6. The second kappa shape index (κ2) is 29.3. The van der Waals surface area contributed by atoms with Gasteiger partial charge in [-0.25, -0.2) is 0 Å². The van der Waals surface area contributed by atoms with Crippen molar-refractivity contribution >= 4 is 182 Å². The van der Waals surface area contributed by atoms with E-state index in [1.807, 2.05) is 136 Å². The Kier molecular flexibility index (Phi) is 28.8. The van der Waals surface area contributed by atoms with Gasteiger partial charge in [0, 0.05) is 33.3 Å². The van der Waals surface area contributed by atoms with Crippen molar-refractivity contribution in [3.63, 3.8) is 0 Å². The number of rotatable bonds is 18. The molecular weight excluding hydrogens is 1470 g/mol. The number of nitrogen functional groups attached to an aromatic ring is 2.